The number of nitrogens with two attached hydrogens (primary N) is 1. The first kappa shape index (κ1) is 15.5. The van der Waals surface area contributed by atoms with E-state index < -0.39 is 5.54 Å². The van der Waals surface area contributed by atoms with Gasteiger partial charge in [-0.1, -0.05) is 30.0 Å². The molecule has 0 bridgehead atoms. The molecule has 0 saturated heterocycles. The molecular formula is C20H19N3O2. The van der Waals surface area contributed by atoms with E-state index in [1.54, 1.807) is 6.20 Å². The SMILES string of the molecule is CC(C)(C)C#Cc1cnc2c(c1)C1(COC(N)=N1)c1ccccc1O2. The van der Waals surface area contributed by atoms with Crippen LogP contribution < -0.4 is 10.5 Å². The number of benzene rings is 1. The van der Waals surface area contributed by atoms with Gasteiger partial charge in [-0.15, -0.1) is 0 Å². The number of fused-ring (bicyclic) bond motifs is 4. The van der Waals surface area contributed by atoms with Crippen LogP contribution in [0.25, 0.3) is 0 Å². The highest BCUT2D eigenvalue weighted by Gasteiger charge is 2.47. The number of pyridine rings is 1. The summed E-state index contributed by atoms with van der Waals surface area (Å²) in [6, 6.07) is 9.91. The van der Waals surface area contributed by atoms with Crippen LogP contribution >= 0.6 is 0 Å². The zero-order valence-corrected chi connectivity index (χ0v) is 14.5. The zero-order chi connectivity index (χ0) is 17.7. The third kappa shape index (κ3) is 2.60. The molecule has 0 amide bonds. The Hall–Kier alpha value is -3.00. The number of aliphatic imine (C=N–C) groups is 1. The highest BCUT2D eigenvalue weighted by Crippen LogP contribution is 2.49. The van der Waals surface area contributed by atoms with Gasteiger partial charge >= 0.3 is 0 Å². The van der Waals surface area contributed by atoms with Crippen molar-refractivity contribution in [1.29, 1.82) is 0 Å². The molecule has 1 spiro atoms. The summed E-state index contributed by atoms with van der Waals surface area (Å²) in [4.78, 5) is 9.09. The van der Waals surface area contributed by atoms with E-state index in [9.17, 15) is 0 Å². The lowest BCUT2D eigenvalue weighted by Crippen LogP contribution is -2.31. The molecule has 2 aliphatic rings. The van der Waals surface area contributed by atoms with Crippen LogP contribution in [0.5, 0.6) is 11.6 Å². The summed E-state index contributed by atoms with van der Waals surface area (Å²) in [5.41, 5.74) is 7.59. The third-order valence-corrected chi connectivity index (χ3v) is 4.15. The van der Waals surface area contributed by atoms with Gasteiger partial charge in [-0.2, -0.15) is 0 Å². The molecule has 2 N–H and O–H groups in total. The molecule has 2 aromatic rings. The fourth-order valence-corrected chi connectivity index (χ4v) is 3.01. The molecule has 1 aromatic heterocycles. The van der Waals surface area contributed by atoms with Crippen LogP contribution in [0.4, 0.5) is 0 Å². The van der Waals surface area contributed by atoms with E-state index in [0.717, 1.165) is 22.4 Å². The molecule has 5 nitrogen and oxygen atoms in total. The summed E-state index contributed by atoms with van der Waals surface area (Å²) < 4.78 is 11.5. The van der Waals surface area contributed by atoms with Gasteiger partial charge < -0.3 is 15.2 Å². The zero-order valence-electron chi connectivity index (χ0n) is 14.5. The van der Waals surface area contributed by atoms with Crippen molar-refractivity contribution < 1.29 is 9.47 Å². The summed E-state index contributed by atoms with van der Waals surface area (Å²) in [6.07, 6.45) is 1.72. The lowest BCUT2D eigenvalue weighted by Gasteiger charge is -2.32. The number of ether oxygens (including phenoxy) is 2. The van der Waals surface area contributed by atoms with Gasteiger partial charge in [-0.3, -0.25) is 0 Å². The van der Waals surface area contributed by atoms with Crippen LogP contribution in [0.15, 0.2) is 41.5 Å². The molecule has 4 rings (SSSR count). The quantitative estimate of drug-likeness (QED) is 0.752. The molecule has 126 valence electrons. The molecule has 0 saturated carbocycles. The number of hydrogen-bond donors (Lipinski definition) is 1. The van der Waals surface area contributed by atoms with Crippen molar-refractivity contribution in [3.63, 3.8) is 0 Å². The predicted molar refractivity (Wildman–Crippen MR) is 95.4 cm³/mol. The van der Waals surface area contributed by atoms with Gasteiger partial charge in [0.25, 0.3) is 6.02 Å². The van der Waals surface area contributed by atoms with Gasteiger partial charge in [-0.05, 0) is 32.9 Å². The second kappa shape index (κ2) is 5.25. The highest BCUT2D eigenvalue weighted by molar-refractivity contribution is 5.76. The van der Waals surface area contributed by atoms with Gasteiger partial charge in [-0.25, -0.2) is 9.98 Å². The van der Waals surface area contributed by atoms with Crippen molar-refractivity contribution in [3.8, 4) is 23.5 Å². The average Bonchev–Trinajstić information content (AvgIpc) is 2.96. The first-order valence-corrected chi connectivity index (χ1v) is 8.17. The Balaban J connectivity index is 1.90. The van der Waals surface area contributed by atoms with E-state index in [2.05, 4.69) is 42.6 Å². The van der Waals surface area contributed by atoms with Crippen LogP contribution in [0, 0.1) is 17.3 Å². The largest absolute Gasteiger partial charge is 0.462 e. The second-order valence-corrected chi connectivity index (χ2v) is 7.27. The molecule has 25 heavy (non-hydrogen) atoms. The van der Waals surface area contributed by atoms with E-state index in [-0.39, 0.29) is 11.4 Å². The number of para-hydroxylation sites is 1. The summed E-state index contributed by atoms with van der Waals surface area (Å²) >= 11 is 0. The van der Waals surface area contributed by atoms with Crippen LogP contribution in [0.2, 0.25) is 0 Å². The summed E-state index contributed by atoms with van der Waals surface area (Å²) in [7, 11) is 0. The number of aromatic nitrogens is 1. The minimum atomic E-state index is -0.735. The van der Waals surface area contributed by atoms with E-state index in [4.69, 9.17) is 15.2 Å². The second-order valence-electron chi connectivity index (χ2n) is 7.27. The minimum absolute atomic E-state index is 0.0876. The first-order chi connectivity index (χ1) is 11.9. The highest BCUT2D eigenvalue weighted by atomic mass is 16.5. The Labute approximate surface area is 146 Å². The van der Waals surface area contributed by atoms with Crippen molar-refractivity contribution in [2.24, 2.45) is 16.1 Å². The average molecular weight is 333 g/mol. The number of amidine groups is 1. The summed E-state index contributed by atoms with van der Waals surface area (Å²) in [5, 5.41) is 0. The van der Waals surface area contributed by atoms with E-state index >= 15 is 0 Å². The first-order valence-electron chi connectivity index (χ1n) is 8.17. The molecule has 0 fully saturated rings. The molecule has 3 heterocycles. The van der Waals surface area contributed by atoms with Crippen LogP contribution in [-0.4, -0.2) is 17.6 Å². The maximum atomic E-state index is 5.97. The van der Waals surface area contributed by atoms with Crippen molar-refractivity contribution >= 4 is 6.02 Å². The monoisotopic (exact) mass is 333 g/mol. The molecule has 1 unspecified atom stereocenters. The van der Waals surface area contributed by atoms with Crippen molar-refractivity contribution in [3.05, 3.63) is 53.2 Å². The van der Waals surface area contributed by atoms with Crippen LogP contribution in [0.1, 0.15) is 37.5 Å². The van der Waals surface area contributed by atoms with Gasteiger partial charge in [0, 0.05) is 22.7 Å². The maximum Gasteiger partial charge on any atom is 0.283 e. The topological polar surface area (TPSA) is 69.7 Å². The Morgan fingerprint density at radius 1 is 1.20 bits per heavy atom. The van der Waals surface area contributed by atoms with Crippen LogP contribution in [-0.2, 0) is 10.3 Å². The normalized spacial score (nSPS) is 20.5. The fraction of sp³-hybridized carbons (Fsp3) is 0.300. The smallest absolute Gasteiger partial charge is 0.283 e. The Kier molecular flexibility index (Phi) is 3.26. The van der Waals surface area contributed by atoms with Gasteiger partial charge in [0.1, 0.15) is 12.4 Å². The lowest BCUT2D eigenvalue weighted by atomic mass is 9.82. The maximum absolute atomic E-state index is 5.97. The number of nitrogens with zero attached hydrogens (tertiary/aromatic N) is 2. The standard InChI is InChI=1S/C20H19N3O2/c1-19(2,3)9-8-13-10-15-17(22-11-13)25-16-7-5-4-6-14(16)20(15)12-24-18(21)23-20/h4-7,10-11H,12H2,1-3H3,(H2,21,23). The van der Waals surface area contributed by atoms with E-state index in [0.29, 0.717) is 12.5 Å². The molecule has 0 aliphatic carbocycles. The molecule has 5 heteroatoms. The molecule has 0 radical (unpaired) electrons. The number of rotatable bonds is 0. The Morgan fingerprint density at radius 3 is 2.72 bits per heavy atom. The third-order valence-electron chi connectivity index (χ3n) is 4.15. The number of hydrogen-bond acceptors (Lipinski definition) is 5. The Morgan fingerprint density at radius 2 is 2.00 bits per heavy atom. The van der Waals surface area contributed by atoms with E-state index in [1.807, 2.05) is 30.3 Å². The van der Waals surface area contributed by atoms with Gasteiger partial charge in [0.2, 0.25) is 5.88 Å². The Bertz CT molecular complexity index is 947. The lowest BCUT2D eigenvalue weighted by molar-refractivity contribution is 0.262. The summed E-state index contributed by atoms with van der Waals surface area (Å²) in [6.45, 7) is 6.54. The van der Waals surface area contributed by atoms with Gasteiger partial charge in [0.05, 0.1) is 5.56 Å². The predicted octanol–water partition coefficient (Wildman–Crippen LogP) is 3.17. The minimum Gasteiger partial charge on any atom is -0.462 e. The molecular weight excluding hydrogens is 314 g/mol. The van der Waals surface area contributed by atoms with Crippen molar-refractivity contribution in [1.82, 2.24) is 4.98 Å². The molecule has 1 atom stereocenters. The van der Waals surface area contributed by atoms with Crippen molar-refractivity contribution in [2.45, 2.75) is 26.3 Å². The molecule has 1 aromatic carbocycles. The van der Waals surface area contributed by atoms with Crippen LogP contribution in [0.3, 0.4) is 0 Å². The summed E-state index contributed by atoms with van der Waals surface area (Å²) in [5.74, 6) is 7.65. The van der Waals surface area contributed by atoms with E-state index in [1.165, 1.54) is 0 Å². The van der Waals surface area contributed by atoms with Crippen molar-refractivity contribution in [2.75, 3.05) is 6.61 Å². The van der Waals surface area contributed by atoms with Gasteiger partial charge in [0.15, 0.2) is 5.54 Å². The fourth-order valence-electron chi connectivity index (χ4n) is 3.01. The molecule has 2 aliphatic heterocycles.